The number of carbonyl (C=O) groups excluding carboxylic acids is 1. The van der Waals surface area contributed by atoms with Crippen LogP contribution in [0.4, 0.5) is 5.69 Å². The van der Waals surface area contributed by atoms with Gasteiger partial charge in [0.2, 0.25) is 5.91 Å². The van der Waals surface area contributed by atoms with Gasteiger partial charge in [-0.15, -0.1) is 0 Å². The lowest BCUT2D eigenvalue weighted by Gasteiger charge is -2.16. The zero-order chi connectivity index (χ0) is 10.7. The molecule has 1 heterocycles. The number of aromatic nitrogens is 2. The predicted octanol–water partition coefficient (Wildman–Crippen LogP) is 0.723. The van der Waals surface area contributed by atoms with Gasteiger partial charge < -0.3 is 11.1 Å². The number of aromatic amines is 1. The maximum Gasteiger partial charge on any atom is 0.227 e. The molecule has 2 rings (SSSR count). The summed E-state index contributed by atoms with van der Waals surface area (Å²) in [5.74, 6) is 0.492. The van der Waals surface area contributed by atoms with Crippen LogP contribution in [0.25, 0.3) is 0 Å². The summed E-state index contributed by atoms with van der Waals surface area (Å²) >= 11 is 0. The standard InChI is InChI=1S/C10H16N4O/c11-4-7-2-1-3-9(7)10(15)14-8-5-12-13-6-8/h5-7,9H,1-4,11H2,(H,12,13)(H,14,15)/t7-,9-/m1/s1. The maximum absolute atomic E-state index is 11.9. The summed E-state index contributed by atoms with van der Waals surface area (Å²) in [6, 6.07) is 0. The van der Waals surface area contributed by atoms with Crippen molar-refractivity contribution in [1.29, 1.82) is 0 Å². The molecule has 1 fully saturated rings. The number of hydrogen-bond donors (Lipinski definition) is 3. The Morgan fingerprint density at radius 1 is 1.67 bits per heavy atom. The fraction of sp³-hybridized carbons (Fsp3) is 0.600. The van der Waals surface area contributed by atoms with Crippen molar-refractivity contribution in [3.63, 3.8) is 0 Å². The van der Waals surface area contributed by atoms with Crippen LogP contribution in [0.1, 0.15) is 19.3 Å². The van der Waals surface area contributed by atoms with Crippen molar-refractivity contribution in [3.8, 4) is 0 Å². The van der Waals surface area contributed by atoms with Crippen LogP contribution >= 0.6 is 0 Å². The summed E-state index contributed by atoms with van der Waals surface area (Å²) in [6.45, 7) is 0.601. The Balaban J connectivity index is 1.96. The molecule has 1 aromatic heterocycles. The van der Waals surface area contributed by atoms with Gasteiger partial charge in [0.15, 0.2) is 0 Å². The second-order valence-electron chi connectivity index (χ2n) is 4.01. The van der Waals surface area contributed by atoms with Crippen molar-refractivity contribution in [3.05, 3.63) is 12.4 Å². The summed E-state index contributed by atoms with van der Waals surface area (Å²) in [5, 5.41) is 9.28. The Morgan fingerprint density at radius 3 is 3.20 bits per heavy atom. The van der Waals surface area contributed by atoms with Crippen LogP contribution in [-0.4, -0.2) is 22.6 Å². The van der Waals surface area contributed by atoms with Crippen molar-refractivity contribution < 1.29 is 4.79 Å². The molecule has 0 aliphatic heterocycles. The van der Waals surface area contributed by atoms with E-state index in [1.54, 1.807) is 12.4 Å². The van der Waals surface area contributed by atoms with Gasteiger partial charge in [-0.2, -0.15) is 5.10 Å². The number of nitrogens with two attached hydrogens (primary N) is 1. The number of H-pyrrole nitrogens is 1. The summed E-state index contributed by atoms with van der Waals surface area (Å²) < 4.78 is 0. The molecule has 1 saturated carbocycles. The predicted molar refractivity (Wildman–Crippen MR) is 57.1 cm³/mol. The van der Waals surface area contributed by atoms with Crippen molar-refractivity contribution >= 4 is 11.6 Å². The molecular weight excluding hydrogens is 192 g/mol. The Labute approximate surface area is 88.4 Å². The highest BCUT2D eigenvalue weighted by molar-refractivity contribution is 5.92. The van der Waals surface area contributed by atoms with E-state index < -0.39 is 0 Å². The normalized spacial score (nSPS) is 25.4. The molecule has 1 amide bonds. The number of nitrogens with zero attached hydrogens (tertiary/aromatic N) is 1. The largest absolute Gasteiger partial charge is 0.330 e. The minimum absolute atomic E-state index is 0.0735. The van der Waals surface area contributed by atoms with Crippen molar-refractivity contribution in [2.75, 3.05) is 11.9 Å². The molecular formula is C10H16N4O. The highest BCUT2D eigenvalue weighted by atomic mass is 16.1. The van der Waals surface area contributed by atoms with Crippen LogP contribution in [0, 0.1) is 11.8 Å². The van der Waals surface area contributed by atoms with Crippen molar-refractivity contribution in [1.82, 2.24) is 10.2 Å². The highest BCUT2D eigenvalue weighted by Gasteiger charge is 2.31. The van der Waals surface area contributed by atoms with Gasteiger partial charge in [0.1, 0.15) is 0 Å². The molecule has 0 unspecified atom stereocenters. The fourth-order valence-corrected chi connectivity index (χ4v) is 2.22. The van der Waals surface area contributed by atoms with Gasteiger partial charge in [-0.05, 0) is 25.3 Å². The summed E-state index contributed by atoms with van der Waals surface area (Å²) in [4.78, 5) is 11.9. The van der Waals surface area contributed by atoms with E-state index in [0.29, 0.717) is 12.5 Å². The quantitative estimate of drug-likeness (QED) is 0.684. The number of anilines is 1. The van der Waals surface area contributed by atoms with Crippen molar-refractivity contribution in [2.24, 2.45) is 17.6 Å². The molecule has 0 saturated heterocycles. The van der Waals surface area contributed by atoms with E-state index in [1.807, 2.05) is 0 Å². The lowest BCUT2D eigenvalue weighted by molar-refractivity contribution is -0.120. The first-order valence-corrected chi connectivity index (χ1v) is 5.31. The average Bonchev–Trinajstić information content (AvgIpc) is 2.86. The van der Waals surface area contributed by atoms with Crippen LogP contribution in [0.2, 0.25) is 0 Å². The second-order valence-corrected chi connectivity index (χ2v) is 4.01. The number of rotatable bonds is 3. The summed E-state index contributed by atoms with van der Waals surface area (Å²) in [6.07, 6.45) is 6.39. The van der Waals surface area contributed by atoms with Gasteiger partial charge in [0, 0.05) is 12.1 Å². The molecule has 0 bridgehead atoms. The molecule has 82 valence electrons. The Kier molecular flexibility index (Phi) is 3.01. The molecule has 1 aromatic rings. The molecule has 0 aromatic carbocycles. The van der Waals surface area contributed by atoms with Gasteiger partial charge in [0.25, 0.3) is 0 Å². The molecule has 5 nitrogen and oxygen atoms in total. The SMILES string of the molecule is NC[C@H]1CCC[C@H]1C(=O)Nc1cn[nH]c1. The number of carbonyl (C=O) groups is 1. The monoisotopic (exact) mass is 208 g/mol. The summed E-state index contributed by atoms with van der Waals surface area (Å²) in [7, 11) is 0. The van der Waals surface area contributed by atoms with Gasteiger partial charge in [-0.3, -0.25) is 9.89 Å². The Morgan fingerprint density at radius 2 is 2.53 bits per heavy atom. The molecule has 1 aliphatic rings. The first-order chi connectivity index (χ1) is 7.31. The molecule has 2 atom stereocenters. The molecule has 0 radical (unpaired) electrons. The molecule has 4 N–H and O–H groups in total. The molecule has 1 aliphatic carbocycles. The lowest BCUT2D eigenvalue weighted by atomic mass is 9.95. The van der Waals surface area contributed by atoms with E-state index in [0.717, 1.165) is 24.9 Å². The zero-order valence-electron chi connectivity index (χ0n) is 8.57. The first kappa shape index (κ1) is 10.2. The molecule has 0 spiro atoms. The third-order valence-corrected chi connectivity index (χ3v) is 3.06. The van der Waals surface area contributed by atoms with E-state index in [4.69, 9.17) is 5.73 Å². The fourth-order valence-electron chi connectivity index (χ4n) is 2.22. The van der Waals surface area contributed by atoms with Crippen LogP contribution < -0.4 is 11.1 Å². The van der Waals surface area contributed by atoms with E-state index in [9.17, 15) is 4.79 Å². The summed E-state index contributed by atoms with van der Waals surface area (Å²) in [5.41, 5.74) is 6.36. The molecule has 5 heteroatoms. The lowest BCUT2D eigenvalue weighted by Crippen LogP contribution is -2.29. The topological polar surface area (TPSA) is 83.8 Å². The molecule has 15 heavy (non-hydrogen) atoms. The van der Waals surface area contributed by atoms with E-state index in [-0.39, 0.29) is 11.8 Å². The highest BCUT2D eigenvalue weighted by Crippen LogP contribution is 2.31. The van der Waals surface area contributed by atoms with Gasteiger partial charge in [-0.1, -0.05) is 6.42 Å². The van der Waals surface area contributed by atoms with Crippen LogP contribution in [-0.2, 0) is 4.79 Å². The number of amides is 1. The minimum Gasteiger partial charge on any atom is -0.330 e. The average molecular weight is 208 g/mol. The van der Waals surface area contributed by atoms with Gasteiger partial charge in [0.05, 0.1) is 11.9 Å². The second kappa shape index (κ2) is 4.44. The Hall–Kier alpha value is -1.36. The van der Waals surface area contributed by atoms with E-state index >= 15 is 0 Å². The third-order valence-electron chi connectivity index (χ3n) is 3.06. The number of hydrogen-bond acceptors (Lipinski definition) is 3. The Bertz CT molecular complexity index is 322. The minimum atomic E-state index is 0.0735. The van der Waals surface area contributed by atoms with Gasteiger partial charge in [-0.25, -0.2) is 0 Å². The third kappa shape index (κ3) is 2.18. The van der Waals surface area contributed by atoms with E-state index in [2.05, 4.69) is 15.5 Å². The van der Waals surface area contributed by atoms with Crippen LogP contribution in [0.15, 0.2) is 12.4 Å². The van der Waals surface area contributed by atoms with Crippen molar-refractivity contribution in [2.45, 2.75) is 19.3 Å². The maximum atomic E-state index is 11.9. The van der Waals surface area contributed by atoms with Crippen LogP contribution in [0.5, 0.6) is 0 Å². The number of nitrogens with one attached hydrogen (secondary N) is 2. The smallest absolute Gasteiger partial charge is 0.227 e. The van der Waals surface area contributed by atoms with E-state index in [1.165, 1.54) is 0 Å². The zero-order valence-corrected chi connectivity index (χ0v) is 8.57. The van der Waals surface area contributed by atoms with Crippen LogP contribution in [0.3, 0.4) is 0 Å². The first-order valence-electron chi connectivity index (χ1n) is 5.31. The van der Waals surface area contributed by atoms with Gasteiger partial charge >= 0.3 is 0 Å².